The second-order valence-electron chi connectivity index (χ2n) is 6.67. The first-order valence-electron chi connectivity index (χ1n) is 9.82. The zero-order valence-corrected chi connectivity index (χ0v) is 20.4. The topological polar surface area (TPSA) is 71.3 Å². The van der Waals surface area contributed by atoms with E-state index in [0.717, 1.165) is 5.56 Å². The van der Waals surface area contributed by atoms with Crippen molar-refractivity contribution in [1.82, 2.24) is 0 Å². The maximum absolute atomic E-state index is 12.6. The Labute approximate surface area is 203 Å². The lowest BCUT2D eigenvalue weighted by Gasteiger charge is -2.12. The van der Waals surface area contributed by atoms with E-state index < -0.39 is 5.91 Å². The van der Waals surface area contributed by atoms with Crippen molar-refractivity contribution >= 4 is 49.5 Å². The molecule has 0 unspecified atom stereocenters. The van der Waals surface area contributed by atoms with Crippen LogP contribution in [-0.4, -0.2) is 12.5 Å². The lowest BCUT2D eigenvalue weighted by atomic mass is 10.1. The standard InChI is InChI=1S/C25H20Br2N2O3/c1-2-31-21-10-8-20(9-11-21)29-25(30)19(15-28)12-18-13-22(26)24(23(27)14-18)32-16-17-6-4-3-5-7-17/h3-14H,2,16H2,1H3,(H,29,30)/b19-12-. The molecule has 0 aliphatic heterocycles. The number of nitrogens with zero attached hydrogens (tertiary/aromatic N) is 1. The summed E-state index contributed by atoms with van der Waals surface area (Å²) in [6.45, 7) is 2.88. The van der Waals surface area contributed by atoms with E-state index in [4.69, 9.17) is 9.47 Å². The summed E-state index contributed by atoms with van der Waals surface area (Å²) in [5.41, 5.74) is 2.28. The van der Waals surface area contributed by atoms with Gasteiger partial charge in [-0.2, -0.15) is 5.26 Å². The molecule has 3 aromatic carbocycles. The molecule has 0 aromatic heterocycles. The van der Waals surface area contributed by atoms with Crippen molar-refractivity contribution in [2.45, 2.75) is 13.5 Å². The molecule has 1 amide bonds. The van der Waals surface area contributed by atoms with Gasteiger partial charge in [0.1, 0.15) is 29.7 Å². The first-order valence-corrected chi connectivity index (χ1v) is 11.4. The summed E-state index contributed by atoms with van der Waals surface area (Å²) in [5, 5.41) is 12.2. The van der Waals surface area contributed by atoms with Gasteiger partial charge in [-0.15, -0.1) is 0 Å². The van der Waals surface area contributed by atoms with Crippen molar-refractivity contribution in [1.29, 1.82) is 5.26 Å². The first-order chi connectivity index (χ1) is 15.5. The average Bonchev–Trinajstić information content (AvgIpc) is 2.79. The van der Waals surface area contributed by atoms with E-state index in [1.807, 2.05) is 43.3 Å². The maximum atomic E-state index is 12.6. The third-order valence-electron chi connectivity index (χ3n) is 4.35. The van der Waals surface area contributed by atoms with Crippen LogP contribution in [0.4, 0.5) is 5.69 Å². The monoisotopic (exact) mass is 554 g/mol. The van der Waals surface area contributed by atoms with Crippen molar-refractivity contribution in [3.05, 3.63) is 92.4 Å². The summed E-state index contributed by atoms with van der Waals surface area (Å²) in [7, 11) is 0. The van der Waals surface area contributed by atoms with Gasteiger partial charge in [0.2, 0.25) is 0 Å². The second kappa shape index (κ2) is 11.5. The third kappa shape index (κ3) is 6.46. The Morgan fingerprint density at radius 2 is 1.69 bits per heavy atom. The number of hydrogen-bond donors (Lipinski definition) is 1. The highest BCUT2D eigenvalue weighted by molar-refractivity contribution is 9.11. The van der Waals surface area contributed by atoms with E-state index in [0.29, 0.717) is 44.9 Å². The zero-order valence-electron chi connectivity index (χ0n) is 17.3. The van der Waals surface area contributed by atoms with Crippen LogP contribution in [0, 0.1) is 11.3 Å². The summed E-state index contributed by atoms with van der Waals surface area (Å²) in [4.78, 5) is 12.6. The van der Waals surface area contributed by atoms with Gasteiger partial charge in [-0.25, -0.2) is 0 Å². The van der Waals surface area contributed by atoms with E-state index in [2.05, 4.69) is 37.2 Å². The highest BCUT2D eigenvalue weighted by Gasteiger charge is 2.13. The first kappa shape index (κ1) is 23.6. The number of carbonyl (C=O) groups excluding carboxylic acids is 1. The highest BCUT2D eigenvalue weighted by Crippen LogP contribution is 2.36. The second-order valence-corrected chi connectivity index (χ2v) is 8.38. The van der Waals surface area contributed by atoms with Crippen molar-refractivity contribution in [2.24, 2.45) is 0 Å². The fraction of sp³-hybridized carbons (Fsp3) is 0.120. The van der Waals surface area contributed by atoms with Crippen molar-refractivity contribution in [2.75, 3.05) is 11.9 Å². The summed E-state index contributed by atoms with van der Waals surface area (Å²) in [5.74, 6) is 0.863. The van der Waals surface area contributed by atoms with Crippen molar-refractivity contribution in [3.8, 4) is 17.6 Å². The van der Waals surface area contributed by atoms with Gasteiger partial charge >= 0.3 is 0 Å². The van der Waals surface area contributed by atoms with E-state index >= 15 is 0 Å². The quantitative estimate of drug-likeness (QED) is 0.247. The molecule has 0 radical (unpaired) electrons. The van der Waals surface area contributed by atoms with Gasteiger partial charge in [-0.3, -0.25) is 4.79 Å². The van der Waals surface area contributed by atoms with Gasteiger partial charge in [0.15, 0.2) is 0 Å². The van der Waals surface area contributed by atoms with Gasteiger partial charge in [0.05, 0.1) is 15.6 Å². The number of nitriles is 1. The van der Waals surface area contributed by atoms with E-state index in [9.17, 15) is 10.1 Å². The van der Waals surface area contributed by atoms with Gasteiger partial charge in [-0.1, -0.05) is 30.3 Å². The van der Waals surface area contributed by atoms with Gasteiger partial charge in [0.25, 0.3) is 5.91 Å². The SMILES string of the molecule is CCOc1ccc(NC(=O)/C(C#N)=C\c2cc(Br)c(OCc3ccccc3)c(Br)c2)cc1. The smallest absolute Gasteiger partial charge is 0.266 e. The van der Waals surface area contributed by atoms with E-state index in [1.54, 1.807) is 36.4 Å². The molecule has 162 valence electrons. The van der Waals surface area contributed by atoms with Crippen molar-refractivity contribution < 1.29 is 14.3 Å². The molecular weight excluding hydrogens is 536 g/mol. The predicted molar refractivity (Wildman–Crippen MR) is 132 cm³/mol. The van der Waals surface area contributed by atoms with Crippen LogP contribution >= 0.6 is 31.9 Å². The van der Waals surface area contributed by atoms with Crippen molar-refractivity contribution in [3.63, 3.8) is 0 Å². The molecule has 3 aromatic rings. The molecule has 0 fully saturated rings. The Morgan fingerprint density at radius 3 is 2.28 bits per heavy atom. The molecule has 0 heterocycles. The Morgan fingerprint density at radius 1 is 1.03 bits per heavy atom. The number of halogens is 2. The number of carbonyl (C=O) groups is 1. The molecule has 0 saturated heterocycles. The molecule has 0 spiro atoms. The fourth-order valence-electron chi connectivity index (χ4n) is 2.85. The van der Waals surface area contributed by atoms with E-state index in [1.165, 1.54) is 6.08 Å². The number of amides is 1. The minimum Gasteiger partial charge on any atom is -0.494 e. The van der Waals surface area contributed by atoms with Crippen LogP contribution in [-0.2, 0) is 11.4 Å². The van der Waals surface area contributed by atoms with Crippen LogP contribution in [0.25, 0.3) is 6.08 Å². The molecule has 0 atom stereocenters. The average molecular weight is 556 g/mol. The summed E-state index contributed by atoms with van der Waals surface area (Å²) in [6.07, 6.45) is 1.53. The summed E-state index contributed by atoms with van der Waals surface area (Å²) >= 11 is 7.03. The number of benzene rings is 3. The summed E-state index contributed by atoms with van der Waals surface area (Å²) < 4.78 is 12.7. The number of hydrogen-bond acceptors (Lipinski definition) is 4. The number of anilines is 1. The molecule has 0 bridgehead atoms. The van der Waals surface area contributed by atoms with Gasteiger partial charge in [-0.05, 0) is 92.4 Å². The normalized spacial score (nSPS) is 10.9. The Hall–Kier alpha value is -3.08. The largest absolute Gasteiger partial charge is 0.494 e. The minimum absolute atomic E-state index is 0.0179. The fourth-order valence-corrected chi connectivity index (χ4v) is 4.30. The number of nitrogens with one attached hydrogen (secondary N) is 1. The zero-order chi connectivity index (χ0) is 22.9. The molecular formula is C25H20Br2N2O3. The number of ether oxygens (including phenoxy) is 2. The van der Waals surface area contributed by atoms with Crippen LogP contribution in [0.3, 0.4) is 0 Å². The molecule has 3 rings (SSSR count). The van der Waals surface area contributed by atoms with E-state index in [-0.39, 0.29) is 5.57 Å². The summed E-state index contributed by atoms with van der Waals surface area (Å²) in [6, 6.07) is 22.4. The molecule has 0 saturated carbocycles. The van der Waals surface area contributed by atoms with Gasteiger partial charge in [0, 0.05) is 5.69 Å². The molecule has 1 N–H and O–H groups in total. The van der Waals surface area contributed by atoms with Crippen LogP contribution in [0.1, 0.15) is 18.1 Å². The Bertz CT molecular complexity index is 1130. The number of rotatable bonds is 8. The molecule has 7 heteroatoms. The highest BCUT2D eigenvalue weighted by atomic mass is 79.9. The minimum atomic E-state index is -0.492. The molecule has 0 aliphatic carbocycles. The predicted octanol–water partition coefficient (Wildman–Crippen LogP) is 6.73. The van der Waals surface area contributed by atoms with Crippen LogP contribution in [0.5, 0.6) is 11.5 Å². The molecule has 0 aliphatic rings. The molecule has 5 nitrogen and oxygen atoms in total. The van der Waals surface area contributed by atoms with Crippen LogP contribution in [0.2, 0.25) is 0 Å². The Balaban J connectivity index is 1.73. The maximum Gasteiger partial charge on any atom is 0.266 e. The third-order valence-corrected chi connectivity index (χ3v) is 5.52. The Kier molecular flexibility index (Phi) is 8.48. The lowest BCUT2D eigenvalue weighted by molar-refractivity contribution is -0.112. The molecule has 32 heavy (non-hydrogen) atoms. The van der Waals surface area contributed by atoms with Crippen LogP contribution < -0.4 is 14.8 Å². The van der Waals surface area contributed by atoms with Gasteiger partial charge < -0.3 is 14.8 Å². The van der Waals surface area contributed by atoms with Crippen LogP contribution in [0.15, 0.2) is 81.2 Å². The lowest BCUT2D eigenvalue weighted by Crippen LogP contribution is -2.13.